The van der Waals surface area contributed by atoms with Gasteiger partial charge in [-0.15, -0.1) is 0 Å². The Bertz CT molecular complexity index is 964. The summed E-state index contributed by atoms with van der Waals surface area (Å²) in [6.07, 6.45) is 2.48. The first kappa shape index (κ1) is 20.7. The van der Waals surface area contributed by atoms with Crippen LogP contribution in [0.4, 0.5) is 11.5 Å². The number of thioether (sulfide) groups is 1. The Kier molecular flexibility index (Phi) is 7.02. The van der Waals surface area contributed by atoms with E-state index in [-0.39, 0.29) is 6.61 Å². The molecule has 0 amide bonds. The first-order valence-corrected chi connectivity index (χ1v) is 10.6. The average Bonchev–Trinajstić information content (AvgIpc) is 2.68. The number of para-hydroxylation sites is 1. The summed E-state index contributed by atoms with van der Waals surface area (Å²) in [7, 11) is 0. The molecule has 0 radical (unpaired) electrons. The van der Waals surface area contributed by atoms with E-state index in [1.165, 1.54) is 11.8 Å². The number of nitrogens with one attached hydrogen (secondary N) is 1. The van der Waals surface area contributed by atoms with E-state index in [2.05, 4.69) is 15.3 Å². The summed E-state index contributed by atoms with van der Waals surface area (Å²) in [4.78, 5) is 9.06. The zero-order valence-corrected chi connectivity index (χ0v) is 17.6. The number of nitrogens with two attached hydrogens (primary N) is 1. The lowest BCUT2D eigenvalue weighted by atomic mass is 10.0. The summed E-state index contributed by atoms with van der Waals surface area (Å²) >= 11 is 13.9. The quantitative estimate of drug-likeness (QED) is 0.362. The van der Waals surface area contributed by atoms with Gasteiger partial charge in [0.2, 0.25) is 0 Å². The van der Waals surface area contributed by atoms with Gasteiger partial charge in [0.1, 0.15) is 5.82 Å². The van der Waals surface area contributed by atoms with Crippen LogP contribution in [-0.4, -0.2) is 27.9 Å². The summed E-state index contributed by atoms with van der Waals surface area (Å²) in [5.74, 6) is 0.401. The number of aliphatic hydroxyl groups excluding tert-OH is 1. The van der Waals surface area contributed by atoms with Crippen molar-refractivity contribution in [2.75, 3.05) is 23.9 Å². The summed E-state index contributed by atoms with van der Waals surface area (Å²) in [6, 6.07) is 13.2. The molecule has 0 aliphatic rings. The van der Waals surface area contributed by atoms with Crippen molar-refractivity contribution in [3.8, 4) is 11.3 Å². The molecule has 1 aromatic heterocycles. The van der Waals surface area contributed by atoms with E-state index in [9.17, 15) is 5.11 Å². The summed E-state index contributed by atoms with van der Waals surface area (Å²) in [5, 5.41) is 14.1. The van der Waals surface area contributed by atoms with Gasteiger partial charge in [0.05, 0.1) is 21.4 Å². The third-order valence-electron chi connectivity index (χ3n) is 4.21. The molecule has 0 saturated heterocycles. The molecule has 3 rings (SSSR count). The molecule has 0 bridgehead atoms. The van der Waals surface area contributed by atoms with Crippen molar-refractivity contribution in [2.45, 2.75) is 18.1 Å². The van der Waals surface area contributed by atoms with Gasteiger partial charge >= 0.3 is 0 Å². The molecule has 0 fully saturated rings. The molecule has 0 saturated carbocycles. The van der Waals surface area contributed by atoms with E-state index in [4.69, 9.17) is 28.9 Å². The van der Waals surface area contributed by atoms with Crippen molar-refractivity contribution in [3.63, 3.8) is 0 Å². The summed E-state index contributed by atoms with van der Waals surface area (Å²) in [6.45, 7) is 0.453. The van der Waals surface area contributed by atoms with Crippen molar-refractivity contribution in [2.24, 2.45) is 0 Å². The molecule has 28 heavy (non-hydrogen) atoms. The third-order valence-corrected chi connectivity index (χ3v) is 5.38. The number of hydrogen-bond donors (Lipinski definition) is 3. The molecule has 0 aliphatic carbocycles. The highest BCUT2D eigenvalue weighted by molar-refractivity contribution is 7.98. The van der Waals surface area contributed by atoms with Gasteiger partial charge in [-0.2, -0.15) is 0 Å². The Morgan fingerprint density at radius 1 is 1.11 bits per heavy atom. The topological polar surface area (TPSA) is 84.1 Å². The number of hydrogen-bond acceptors (Lipinski definition) is 6. The van der Waals surface area contributed by atoms with Crippen LogP contribution in [0.5, 0.6) is 0 Å². The minimum Gasteiger partial charge on any atom is -0.396 e. The molecule has 5 nitrogen and oxygen atoms in total. The first-order chi connectivity index (χ1) is 13.5. The second-order valence-electron chi connectivity index (χ2n) is 6.05. The van der Waals surface area contributed by atoms with E-state index >= 15 is 0 Å². The number of nitrogen functional groups attached to an aromatic ring is 1. The summed E-state index contributed by atoms with van der Waals surface area (Å²) < 4.78 is 0. The molecule has 0 spiro atoms. The fourth-order valence-electron chi connectivity index (χ4n) is 2.83. The second kappa shape index (κ2) is 9.47. The fourth-order valence-corrected chi connectivity index (χ4v) is 3.73. The molecule has 3 aromatic rings. The van der Waals surface area contributed by atoms with Crippen LogP contribution < -0.4 is 11.1 Å². The SMILES string of the molecule is CSc1nc(N)c(CNc2c(Cl)cccc2Cl)c(-c2cccc(CCO)c2)n1. The monoisotopic (exact) mass is 434 g/mol. The summed E-state index contributed by atoms with van der Waals surface area (Å²) in [5.41, 5.74) is 10.3. The molecule has 0 aliphatic heterocycles. The number of anilines is 2. The molecular formula is C20H20Cl2N4OS. The van der Waals surface area contributed by atoms with Crippen LogP contribution in [-0.2, 0) is 13.0 Å². The molecular weight excluding hydrogens is 415 g/mol. The van der Waals surface area contributed by atoms with E-state index in [1.54, 1.807) is 18.2 Å². The maximum Gasteiger partial charge on any atom is 0.189 e. The van der Waals surface area contributed by atoms with Crippen LogP contribution in [0.3, 0.4) is 0 Å². The van der Waals surface area contributed by atoms with Crippen molar-refractivity contribution < 1.29 is 5.11 Å². The molecule has 0 unspecified atom stereocenters. The molecule has 8 heteroatoms. The van der Waals surface area contributed by atoms with Crippen molar-refractivity contribution in [3.05, 3.63) is 63.6 Å². The van der Waals surface area contributed by atoms with Gasteiger partial charge < -0.3 is 16.2 Å². The molecule has 0 atom stereocenters. The molecule has 1 heterocycles. The van der Waals surface area contributed by atoms with Gasteiger partial charge in [0.15, 0.2) is 5.16 Å². The lowest BCUT2D eigenvalue weighted by molar-refractivity contribution is 0.299. The highest BCUT2D eigenvalue weighted by Gasteiger charge is 2.16. The van der Waals surface area contributed by atoms with Crippen molar-refractivity contribution in [1.29, 1.82) is 0 Å². The fraction of sp³-hybridized carbons (Fsp3) is 0.200. The van der Waals surface area contributed by atoms with E-state index < -0.39 is 0 Å². The molecule has 2 aromatic carbocycles. The predicted octanol–water partition coefficient (Wildman–Crippen LogP) is 4.90. The van der Waals surface area contributed by atoms with Crippen LogP contribution in [0.2, 0.25) is 10.0 Å². The highest BCUT2D eigenvalue weighted by Crippen LogP contribution is 2.33. The maximum absolute atomic E-state index is 9.24. The first-order valence-electron chi connectivity index (χ1n) is 8.62. The van der Waals surface area contributed by atoms with Crippen LogP contribution in [0.15, 0.2) is 47.6 Å². The van der Waals surface area contributed by atoms with Gasteiger partial charge in [0.25, 0.3) is 0 Å². The zero-order chi connectivity index (χ0) is 20.1. The number of halogens is 2. The van der Waals surface area contributed by atoms with Crippen LogP contribution in [0.25, 0.3) is 11.3 Å². The number of aromatic nitrogens is 2. The Labute approximate surface area is 178 Å². The van der Waals surface area contributed by atoms with Gasteiger partial charge in [-0.25, -0.2) is 9.97 Å². The highest BCUT2D eigenvalue weighted by atomic mass is 35.5. The third kappa shape index (κ3) is 4.70. The second-order valence-corrected chi connectivity index (χ2v) is 7.63. The van der Waals surface area contributed by atoms with Gasteiger partial charge in [0, 0.05) is 24.3 Å². The van der Waals surface area contributed by atoms with Crippen LogP contribution in [0, 0.1) is 0 Å². The maximum atomic E-state index is 9.24. The van der Waals surface area contributed by atoms with Crippen molar-refractivity contribution >= 4 is 46.5 Å². The normalized spacial score (nSPS) is 10.9. The minimum atomic E-state index is 0.0881. The van der Waals surface area contributed by atoms with E-state index in [0.717, 1.165) is 22.4 Å². The smallest absolute Gasteiger partial charge is 0.189 e. The van der Waals surface area contributed by atoms with E-state index in [1.807, 2.05) is 30.5 Å². The van der Waals surface area contributed by atoms with Gasteiger partial charge in [-0.1, -0.05) is 59.2 Å². The Morgan fingerprint density at radius 3 is 2.50 bits per heavy atom. The van der Waals surface area contributed by atoms with Gasteiger partial charge in [-0.05, 0) is 36.4 Å². The number of benzene rings is 2. The largest absolute Gasteiger partial charge is 0.396 e. The lowest BCUT2D eigenvalue weighted by Gasteiger charge is -2.16. The Hall–Kier alpha value is -1.99. The number of rotatable bonds is 7. The number of nitrogens with zero attached hydrogens (tertiary/aromatic N) is 2. The number of aliphatic hydroxyl groups is 1. The predicted molar refractivity (Wildman–Crippen MR) is 118 cm³/mol. The van der Waals surface area contributed by atoms with Crippen LogP contribution in [0.1, 0.15) is 11.1 Å². The minimum absolute atomic E-state index is 0.0881. The molecule has 146 valence electrons. The zero-order valence-electron chi connectivity index (χ0n) is 15.2. The lowest BCUT2D eigenvalue weighted by Crippen LogP contribution is -2.10. The Morgan fingerprint density at radius 2 is 1.82 bits per heavy atom. The van der Waals surface area contributed by atoms with Gasteiger partial charge in [-0.3, -0.25) is 0 Å². The van der Waals surface area contributed by atoms with Crippen LogP contribution >= 0.6 is 35.0 Å². The Balaban J connectivity index is 2.02. The van der Waals surface area contributed by atoms with Crippen molar-refractivity contribution in [1.82, 2.24) is 9.97 Å². The standard InChI is InChI=1S/C20H20Cl2N4OS/c1-28-20-25-17(13-5-2-4-12(10-13)8-9-27)14(19(23)26-20)11-24-18-15(21)6-3-7-16(18)22/h2-7,10,24,27H,8-9,11H2,1H3,(H2,23,25,26). The molecule has 4 N–H and O–H groups in total. The van der Waals surface area contributed by atoms with E-state index in [0.29, 0.717) is 39.7 Å². The average molecular weight is 435 g/mol.